The van der Waals surface area contributed by atoms with Gasteiger partial charge in [-0.1, -0.05) is 83.8 Å². The average Bonchev–Trinajstić information content (AvgIpc) is 2.54. The Kier molecular flexibility index (Phi) is 17.0. The zero-order chi connectivity index (χ0) is 17.2. The van der Waals surface area contributed by atoms with E-state index in [2.05, 4.69) is 19.1 Å². The van der Waals surface area contributed by atoms with Crippen molar-refractivity contribution in [2.75, 3.05) is 0 Å². The number of carbonyl (C=O) groups is 1. The number of carboxylic acid groups (broad SMARTS) is 1. The van der Waals surface area contributed by atoms with Crippen LogP contribution in [0.15, 0.2) is 12.2 Å². The van der Waals surface area contributed by atoms with Gasteiger partial charge in [0.15, 0.2) is 0 Å². The van der Waals surface area contributed by atoms with Crippen molar-refractivity contribution in [2.45, 2.75) is 110 Å². The normalized spacial score (nSPS) is 12.8. The summed E-state index contributed by atoms with van der Waals surface area (Å²) in [5.41, 5.74) is 0. The molecule has 23 heavy (non-hydrogen) atoms. The van der Waals surface area contributed by atoms with Crippen molar-refractivity contribution in [2.24, 2.45) is 5.92 Å². The van der Waals surface area contributed by atoms with Crippen molar-refractivity contribution in [1.29, 1.82) is 0 Å². The molecule has 0 aromatic heterocycles. The lowest BCUT2D eigenvalue weighted by Crippen LogP contribution is -2.12. The van der Waals surface area contributed by atoms with Crippen LogP contribution in [0, 0.1) is 5.92 Å². The minimum absolute atomic E-state index is 0.122. The van der Waals surface area contributed by atoms with E-state index in [-0.39, 0.29) is 5.92 Å². The molecule has 2 nitrogen and oxygen atoms in total. The molecule has 0 saturated carbocycles. The van der Waals surface area contributed by atoms with E-state index in [1.807, 2.05) is 6.92 Å². The second kappa shape index (κ2) is 17.6. The Labute approximate surface area is 144 Å². The number of aliphatic carboxylic acids is 1. The highest BCUT2D eigenvalue weighted by atomic mass is 16.4. The van der Waals surface area contributed by atoms with E-state index in [4.69, 9.17) is 5.11 Å². The Morgan fingerprint density at radius 2 is 1.26 bits per heavy atom. The zero-order valence-corrected chi connectivity index (χ0v) is 15.7. The van der Waals surface area contributed by atoms with Crippen LogP contribution >= 0.6 is 0 Å². The molecule has 0 radical (unpaired) electrons. The second-order valence-corrected chi connectivity index (χ2v) is 6.82. The molecule has 136 valence electrons. The topological polar surface area (TPSA) is 37.3 Å². The van der Waals surface area contributed by atoms with Crippen LogP contribution in [0.25, 0.3) is 0 Å². The van der Waals surface area contributed by atoms with Crippen molar-refractivity contribution in [3.8, 4) is 0 Å². The Hall–Kier alpha value is -0.790. The van der Waals surface area contributed by atoms with Gasteiger partial charge in [-0.05, 0) is 38.5 Å². The summed E-state index contributed by atoms with van der Waals surface area (Å²) in [7, 11) is 0. The molecule has 0 aliphatic carbocycles. The van der Waals surface area contributed by atoms with E-state index in [0.29, 0.717) is 0 Å². The van der Waals surface area contributed by atoms with Gasteiger partial charge in [-0.3, -0.25) is 4.79 Å². The van der Waals surface area contributed by atoms with Crippen LogP contribution < -0.4 is 0 Å². The second-order valence-electron chi connectivity index (χ2n) is 6.82. The summed E-state index contributed by atoms with van der Waals surface area (Å²) in [6, 6.07) is 0. The van der Waals surface area contributed by atoms with Crippen LogP contribution in [0.2, 0.25) is 0 Å². The Balaban J connectivity index is 3.21. The molecule has 0 unspecified atom stereocenters. The number of hydrogen-bond acceptors (Lipinski definition) is 1. The largest absolute Gasteiger partial charge is 0.481 e. The molecule has 0 saturated heterocycles. The van der Waals surface area contributed by atoms with Gasteiger partial charge in [0.2, 0.25) is 0 Å². The fourth-order valence-electron chi connectivity index (χ4n) is 2.96. The third-order valence-corrected chi connectivity index (χ3v) is 4.66. The molecule has 0 aromatic rings. The highest BCUT2D eigenvalue weighted by molar-refractivity contribution is 5.69. The minimum atomic E-state index is -0.620. The highest BCUT2D eigenvalue weighted by Crippen LogP contribution is 2.16. The summed E-state index contributed by atoms with van der Waals surface area (Å²) < 4.78 is 0. The number of carboxylic acids is 1. The average molecular weight is 325 g/mol. The molecule has 0 heterocycles. The van der Waals surface area contributed by atoms with Crippen molar-refractivity contribution < 1.29 is 9.90 Å². The van der Waals surface area contributed by atoms with Crippen molar-refractivity contribution >= 4 is 5.97 Å². The summed E-state index contributed by atoms with van der Waals surface area (Å²) in [4.78, 5) is 10.9. The van der Waals surface area contributed by atoms with E-state index in [1.54, 1.807) is 0 Å². The van der Waals surface area contributed by atoms with Gasteiger partial charge in [-0.2, -0.15) is 0 Å². The maximum atomic E-state index is 10.9. The first-order valence-electron chi connectivity index (χ1n) is 10.1. The third kappa shape index (κ3) is 15.9. The highest BCUT2D eigenvalue weighted by Gasteiger charge is 2.13. The molecule has 0 aliphatic rings. The zero-order valence-electron chi connectivity index (χ0n) is 15.7. The Bertz CT molecular complexity index is 284. The monoisotopic (exact) mass is 324 g/mol. The number of rotatable bonds is 17. The molecule has 0 rings (SSSR count). The van der Waals surface area contributed by atoms with Gasteiger partial charge in [-0.15, -0.1) is 0 Å². The van der Waals surface area contributed by atoms with Crippen molar-refractivity contribution in [3.05, 3.63) is 12.2 Å². The van der Waals surface area contributed by atoms with Crippen molar-refractivity contribution in [3.63, 3.8) is 0 Å². The number of allylic oxidation sites excluding steroid dienone is 2. The van der Waals surface area contributed by atoms with E-state index >= 15 is 0 Å². The van der Waals surface area contributed by atoms with Crippen LogP contribution in [0.1, 0.15) is 110 Å². The van der Waals surface area contributed by atoms with Crippen LogP contribution in [-0.4, -0.2) is 11.1 Å². The number of hydrogen-bond donors (Lipinski definition) is 1. The predicted octanol–water partition coefficient (Wildman–Crippen LogP) is 7.13. The molecule has 2 heteroatoms. The van der Waals surface area contributed by atoms with Gasteiger partial charge in [0.1, 0.15) is 0 Å². The maximum Gasteiger partial charge on any atom is 0.306 e. The first-order valence-corrected chi connectivity index (χ1v) is 10.1. The lowest BCUT2D eigenvalue weighted by molar-refractivity contribution is -0.142. The van der Waals surface area contributed by atoms with Gasteiger partial charge in [0, 0.05) is 0 Å². The van der Waals surface area contributed by atoms with Gasteiger partial charge >= 0.3 is 5.97 Å². The maximum absolute atomic E-state index is 10.9. The summed E-state index contributed by atoms with van der Waals surface area (Å²) in [5, 5.41) is 8.98. The van der Waals surface area contributed by atoms with Gasteiger partial charge < -0.3 is 5.11 Å². The summed E-state index contributed by atoms with van der Waals surface area (Å²) in [5.74, 6) is -0.741. The summed E-state index contributed by atoms with van der Waals surface area (Å²) in [6.45, 7) is 4.23. The van der Waals surface area contributed by atoms with Gasteiger partial charge in [0.05, 0.1) is 5.92 Å². The Morgan fingerprint density at radius 3 is 1.74 bits per heavy atom. The van der Waals surface area contributed by atoms with E-state index < -0.39 is 5.97 Å². The van der Waals surface area contributed by atoms with E-state index in [9.17, 15) is 4.79 Å². The lowest BCUT2D eigenvalue weighted by atomic mass is 9.98. The molecule has 1 N–H and O–H groups in total. The minimum Gasteiger partial charge on any atom is -0.481 e. The quantitative estimate of drug-likeness (QED) is 0.228. The van der Waals surface area contributed by atoms with Crippen LogP contribution in [0.5, 0.6) is 0 Å². The SMILES string of the molecule is CCCCCC/C=C\CCCCCCCCC[C@@H](CC)C(=O)O. The third-order valence-electron chi connectivity index (χ3n) is 4.66. The summed E-state index contributed by atoms with van der Waals surface area (Å²) in [6.07, 6.45) is 23.1. The molecular formula is C21H40O2. The molecular weight excluding hydrogens is 284 g/mol. The molecule has 0 spiro atoms. The molecule has 0 amide bonds. The first-order chi connectivity index (χ1) is 11.2. The van der Waals surface area contributed by atoms with Crippen LogP contribution in [0.3, 0.4) is 0 Å². The fraction of sp³-hybridized carbons (Fsp3) is 0.857. The molecule has 0 fully saturated rings. The van der Waals surface area contributed by atoms with Gasteiger partial charge in [0.25, 0.3) is 0 Å². The molecule has 1 atom stereocenters. The smallest absolute Gasteiger partial charge is 0.306 e. The fourth-order valence-corrected chi connectivity index (χ4v) is 2.96. The van der Waals surface area contributed by atoms with E-state index in [0.717, 1.165) is 19.3 Å². The van der Waals surface area contributed by atoms with Crippen molar-refractivity contribution in [1.82, 2.24) is 0 Å². The Morgan fingerprint density at radius 1 is 0.783 bits per heavy atom. The first kappa shape index (κ1) is 22.2. The van der Waals surface area contributed by atoms with E-state index in [1.165, 1.54) is 77.0 Å². The van der Waals surface area contributed by atoms with Crippen LogP contribution in [-0.2, 0) is 4.79 Å². The summed E-state index contributed by atoms with van der Waals surface area (Å²) >= 11 is 0. The lowest BCUT2D eigenvalue weighted by Gasteiger charge is -2.08. The standard InChI is InChI=1S/C21H40O2/c1-3-5-6-7-8-9-10-11-12-13-14-15-16-17-18-19-20(4-2)21(22)23/h9-10,20H,3-8,11-19H2,1-2H3,(H,22,23)/b10-9-/t20-/m1/s1. The van der Waals surface area contributed by atoms with Gasteiger partial charge in [-0.25, -0.2) is 0 Å². The molecule has 0 bridgehead atoms. The molecule has 0 aliphatic heterocycles. The van der Waals surface area contributed by atoms with Crippen LogP contribution in [0.4, 0.5) is 0 Å². The predicted molar refractivity (Wildman–Crippen MR) is 101 cm³/mol. The molecule has 0 aromatic carbocycles. The number of unbranched alkanes of at least 4 members (excludes halogenated alkanes) is 11.